The Hall–Kier alpha value is -2.20. The van der Waals surface area contributed by atoms with Crippen LogP contribution in [0.4, 0.5) is 5.69 Å². The third-order valence-electron chi connectivity index (χ3n) is 3.60. The van der Waals surface area contributed by atoms with E-state index in [1.807, 2.05) is 36.4 Å². The Morgan fingerprint density at radius 2 is 1.42 bits per heavy atom. The Bertz CT molecular complexity index is 513. The molecule has 0 aromatic heterocycles. The van der Waals surface area contributed by atoms with Gasteiger partial charge in [-0.25, -0.2) is 0 Å². The highest BCUT2D eigenvalue weighted by atomic mass is 16.5. The molecule has 0 aliphatic carbocycles. The van der Waals surface area contributed by atoms with Gasteiger partial charge in [0.1, 0.15) is 18.1 Å². The lowest BCUT2D eigenvalue weighted by molar-refractivity contribution is 0.146. The van der Waals surface area contributed by atoms with E-state index in [0.717, 1.165) is 43.2 Å². The second-order valence-corrected chi connectivity index (χ2v) is 5.57. The number of benzene rings is 2. The smallest absolute Gasteiger partial charge is 0.119 e. The number of anilines is 1. The van der Waals surface area contributed by atoms with Crippen LogP contribution in [0.15, 0.2) is 48.5 Å². The molecule has 0 heterocycles. The predicted molar refractivity (Wildman–Crippen MR) is 98.0 cm³/mol. The van der Waals surface area contributed by atoms with Crippen LogP contribution in [0.25, 0.3) is 0 Å². The van der Waals surface area contributed by atoms with Gasteiger partial charge in [0, 0.05) is 19.3 Å². The van der Waals surface area contributed by atoms with E-state index in [9.17, 15) is 0 Å². The highest BCUT2D eigenvalue weighted by molar-refractivity contribution is 5.47. The molecule has 0 spiro atoms. The zero-order valence-corrected chi connectivity index (χ0v) is 14.6. The summed E-state index contributed by atoms with van der Waals surface area (Å²) in [5, 5.41) is 3.41. The SMILES string of the molecule is CCCCOc1ccc(NCc2ccc(OCCOC)cc2)cc1. The molecule has 0 amide bonds. The average molecular weight is 329 g/mol. The molecule has 2 aromatic carbocycles. The van der Waals surface area contributed by atoms with Crippen molar-refractivity contribution in [2.24, 2.45) is 0 Å². The summed E-state index contributed by atoms with van der Waals surface area (Å²) in [5.41, 5.74) is 2.29. The fraction of sp³-hybridized carbons (Fsp3) is 0.400. The molecule has 0 bridgehead atoms. The molecule has 0 unspecified atom stereocenters. The average Bonchev–Trinajstić information content (AvgIpc) is 2.63. The maximum Gasteiger partial charge on any atom is 0.119 e. The Morgan fingerprint density at radius 1 is 0.792 bits per heavy atom. The third kappa shape index (κ3) is 6.50. The molecule has 130 valence electrons. The van der Waals surface area contributed by atoms with Gasteiger partial charge in [-0.2, -0.15) is 0 Å². The lowest BCUT2D eigenvalue weighted by Gasteiger charge is -2.10. The van der Waals surface area contributed by atoms with Gasteiger partial charge in [0.15, 0.2) is 0 Å². The van der Waals surface area contributed by atoms with Gasteiger partial charge in [0.2, 0.25) is 0 Å². The van der Waals surface area contributed by atoms with Crippen LogP contribution >= 0.6 is 0 Å². The van der Waals surface area contributed by atoms with E-state index < -0.39 is 0 Å². The minimum absolute atomic E-state index is 0.570. The van der Waals surface area contributed by atoms with E-state index >= 15 is 0 Å². The summed E-state index contributed by atoms with van der Waals surface area (Å²) in [4.78, 5) is 0. The Morgan fingerprint density at radius 3 is 2.04 bits per heavy atom. The van der Waals surface area contributed by atoms with Crippen LogP contribution in [-0.2, 0) is 11.3 Å². The fourth-order valence-electron chi connectivity index (χ4n) is 2.15. The van der Waals surface area contributed by atoms with Gasteiger partial charge < -0.3 is 19.5 Å². The molecule has 0 atom stereocenters. The van der Waals surface area contributed by atoms with Crippen LogP contribution in [-0.4, -0.2) is 26.9 Å². The molecule has 0 saturated heterocycles. The minimum atomic E-state index is 0.570. The lowest BCUT2D eigenvalue weighted by Crippen LogP contribution is -2.04. The number of unbranched alkanes of at least 4 members (excludes halogenated alkanes) is 1. The zero-order chi connectivity index (χ0) is 17.0. The maximum absolute atomic E-state index is 5.67. The molecule has 4 nitrogen and oxygen atoms in total. The molecular weight excluding hydrogens is 302 g/mol. The van der Waals surface area contributed by atoms with E-state index in [2.05, 4.69) is 24.4 Å². The van der Waals surface area contributed by atoms with Gasteiger partial charge in [0.05, 0.1) is 13.2 Å². The summed E-state index contributed by atoms with van der Waals surface area (Å²) < 4.78 is 16.2. The van der Waals surface area contributed by atoms with E-state index in [4.69, 9.17) is 14.2 Å². The molecule has 0 saturated carbocycles. The van der Waals surface area contributed by atoms with Crippen LogP contribution in [0.5, 0.6) is 11.5 Å². The minimum Gasteiger partial charge on any atom is -0.494 e. The van der Waals surface area contributed by atoms with Gasteiger partial charge in [-0.1, -0.05) is 25.5 Å². The number of methoxy groups -OCH3 is 1. The molecule has 0 aliphatic heterocycles. The van der Waals surface area contributed by atoms with Crippen molar-refractivity contribution in [3.8, 4) is 11.5 Å². The molecule has 0 radical (unpaired) electrons. The summed E-state index contributed by atoms with van der Waals surface area (Å²) in [6, 6.07) is 16.2. The van der Waals surface area contributed by atoms with Crippen molar-refractivity contribution < 1.29 is 14.2 Å². The topological polar surface area (TPSA) is 39.7 Å². The first-order valence-electron chi connectivity index (χ1n) is 8.49. The van der Waals surface area contributed by atoms with Gasteiger partial charge >= 0.3 is 0 Å². The highest BCUT2D eigenvalue weighted by Crippen LogP contribution is 2.18. The number of hydrogen-bond acceptors (Lipinski definition) is 4. The van der Waals surface area contributed by atoms with Crippen LogP contribution in [0.2, 0.25) is 0 Å². The summed E-state index contributed by atoms with van der Waals surface area (Å²) in [6.07, 6.45) is 2.24. The monoisotopic (exact) mass is 329 g/mol. The van der Waals surface area contributed by atoms with E-state index in [1.165, 1.54) is 5.56 Å². The van der Waals surface area contributed by atoms with E-state index in [-0.39, 0.29) is 0 Å². The highest BCUT2D eigenvalue weighted by Gasteiger charge is 1.98. The van der Waals surface area contributed by atoms with E-state index in [0.29, 0.717) is 13.2 Å². The van der Waals surface area contributed by atoms with Crippen molar-refractivity contribution in [3.05, 3.63) is 54.1 Å². The Kier molecular flexibility index (Phi) is 7.98. The zero-order valence-electron chi connectivity index (χ0n) is 14.6. The molecule has 4 heteroatoms. The molecule has 2 aromatic rings. The third-order valence-corrected chi connectivity index (χ3v) is 3.60. The molecule has 1 N–H and O–H groups in total. The van der Waals surface area contributed by atoms with Crippen molar-refractivity contribution in [2.75, 3.05) is 32.2 Å². The molecule has 24 heavy (non-hydrogen) atoms. The summed E-state index contributed by atoms with van der Waals surface area (Å²) in [5.74, 6) is 1.79. The molecule has 0 aliphatic rings. The largest absolute Gasteiger partial charge is 0.494 e. The van der Waals surface area contributed by atoms with E-state index in [1.54, 1.807) is 7.11 Å². The van der Waals surface area contributed by atoms with Crippen molar-refractivity contribution in [1.82, 2.24) is 0 Å². The summed E-state index contributed by atoms with van der Waals surface area (Å²) >= 11 is 0. The lowest BCUT2D eigenvalue weighted by atomic mass is 10.2. The Balaban J connectivity index is 1.76. The summed E-state index contributed by atoms with van der Waals surface area (Å²) in [6.45, 7) is 4.88. The van der Waals surface area contributed by atoms with Crippen molar-refractivity contribution in [1.29, 1.82) is 0 Å². The van der Waals surface area contributed by atoms with Crippen molar-refractivity contribution >= 4 is 5.69 Å². The Labute approximate surface area is 144 Å². The van der Waals surface area contributed by atoms with Crippen LogP contribution in [0.1, 0.15) is 25.3 Å². The number of nitrogens with one attached hydrogen (secondary N) is 1. The second-order valence-electron chi connectivity index (χ2n) is 5.57. The predicted octanol–water partition coefficient (Wildman–Crippen LogP) is 4.50. The van der Waals surface area contributed by atoms with Gasteiger partial charge in [-0.15, -0.1) is 0 Å². The number of hydrogen-bond donors (Lipinski definition) is 1. The normalized spacial score (nSPS) is 10.4. The van der Waals surface area contributed by atoms with Crippen molar-refractivity contribution in [3.63, 3.8) is 0 Å². The maximum atomic E-state index is 5.67. The van der Waals surface area contributed by atoms with Crippen LogP contribution < -0.4 is 14.8 Å². The van der Waals surface area contributed by atoms with Crippen LogP contribution in [0.3, 0.4) is 0 Å². The fourth-order valence-corrected chi connectivity index (χ4v) is 2.15. The second kappa shape index (κ2) is 10.6. The van der Waals surface area contributed by atoms with Gasteiger partial charge in [-0.3, -0.25) is 0 Å². The first-order valence-corrected chi connectivity index (χ1v) is 8.49. The number of ether oxygens (including phenoxy) is 3. The molecule has 0 fully saturated rings. The number of rotatable bonds is 11. The van der Waals surface area contributed by atoms with Crippen LogP contribution in [0, 0.1) is 0 Å². The quantitative estimate of drug-likeness (QED) is 0.616. The summed E-state index contributed by atoms with van der Waals surface area (Å²) in [7, 11) is 1.67. The van der Waals surface area contributed by atoms with Gasteiger partial charge in [-0.05, 0) is 48.4 Å². The first kappa shape index (κ1) is 18.1. The first-order chi connectivity index (χ1) is 11.8. The van der Waals surface area contributed by atoms with Gasteiger partial charge in [0.25, 0.3) is 0 Å². The van der Waals surface area contributed by atoms with Crippen molar-refractivity contribution in [2.45, 2.75) is 26.3 Å². The standard InChI is InChI=1S/C20H27NO3/c1-3-4-13-23-20-11-7-18(8-12-20)21-16-17-5-9-19(10-6-17)24-15-14-22-2/h5-12,21H,3-4,13-16H2,1-2H3. The molecular formula is C20H27NO3. The molecule has 2 rings (SSSR count).